The molecule has 0 nitrogen and oxygen atoms in total. The van der Waals surface area contributed by atoms with Gasteiger partial charge in [-0.25, -0.2) is 0 Å². The Hall–Kier alpha value is 2.02. The largest absolute Gasteiger partial charge is 0.121 e. The van der Waals surface area contributed by atoms with Gasteiger partial charge in [-0.15, -0.1) is 47.0 Å². The molecule has 2 aliphatic heterocycles. The normalized spacial score (nSPS) is 17.6. The van der Waals surface area contributed by atoms with Gasteiger partial charge >= 0.3 is 0 Å². The maximum Gasteiger partial charge on any atom is 0.0717 e. The van der Waals surface area contributed by atoms with Crippen LogP contribution >= 0.6 is 94.1 Å². The second-order valence-corrected chi connectivity index (χ2v) is 15.8. The monoisotopic (exact) mass is 528 g/mol. The molecule has 0 spiro atoms. The Morgan fingerprint density at radius 3 is 1.29 bits per heavy atom. The van der Waals surface area contributed by atoms with Crippen molar-refractivity contribution in [1.82, 2.24) is 0 Å². The van der Waals surface area contributed by atoms with E-state index in [1.54, 1.807) is 8.47 Å². The maximum atomic E-state index is 2.29. The lowest BCUT2D eigenvalue weighted by Gasteiger charge is -2.05. The molecule has 0 atom stereocenters. The van der Waals surface area contributed by atoms with Gasteiger partial charge in [0.15, 0.2) is 0 Å². The van der Waals surface area contributed by atoms with Gasteiger partial charge in [0.2, 0.25) is 0 Å². The van der Waals surface area contributed by atoms with Crippen molar-refractivity contribution in [2.24, 2.45) is 0 Å². The van der Waals surface area contributed by atoms with Crippen LogP contribution in [0.5, 0.6) is 0 Å². The second kappa shape index (κ2) is 15.8. The van der Waals surface area contributed by atoms with Crippen LogP contribution in [0.3, 0.4) is 0 Å². The molecule has 0 N–H and O–H groups in total. The lowest BCUT2D eigenvalue weighted by Crippen LogP contribution is -1.83. The Bertz CT molecular complexity index is 533. The molecule has 0 fully saturated rings. The molecule has 0 bridgehead atoms. The molecule has 0 aromatic rings. The summed E-state index contributed by atoms with van der Waals surface area (Å²) in [6, 6.07) is 0. The molecule has 2 heterocycles. The first-order valence-corrected chi connectivity index (χ1v) is 17.7. The zero-order valence-corrected chi connectivity index (χ0v) is 23.9. The van der Waals surface area contributed by atoms with Crippen molar-refractivity contribution < 1.29 is 0 Å². The van der Waals surface area contributed by atoms with Crippen LogP contribution in [0.4, 0.5) is 0 Å². The fourth-order valence-electron chi connectivity index (χ4n) is 2.53. The molecular weight excluding hydrogens is 497 g/mol. The summed E-state index contributed by atoms with van der Waals surface area (Å²) in [5.74, 6) is 2.55. The van der Waals surface area contributed by atoms with E-state index in [0.29, 0.717) is 0 Å². The van der Waals surface area contributed by atoms with Crippen molar-refractivity contribution >= 4 is 94.1 Å². The molecule has 0 aromatic heterocycles. The molecule has 0 saturated carbocycles. The third-order valence-electron chi connectivity index (χ3n) is 4.07. The van der Waals surface area contributed by atoms with E-state index in [-0.39, 0.29) is 0 Å². The maximum absolute atomic E-state index is 2.29. The van der Waals surface area contributed by atoms with E-state index >= 15 is 0 Å². The zero-order valence-electron chi connectivity index (χ0n) is 17.3. The van der Waals surface area contributed by atoms with Crippen LogP contribution < -0.4 is 0 Å². The number of thioether (sulfide) groups is 8. The van der Waals surface area contributed by atoms with E-state index in [0.717, 1.165) is 0 Å². The van der Waals surface area contributed by atoms with Gasteiger partial charge in [-0.2, -0.15) is 0 Å². The van der Waals surface area contributed by atoms with E-state index in [1.165, 1.54) is 79.8 Å². The van der Waals surface area contributed by atoms with Gasteiger partial charge in [0, 0.05) is 0 Å². The Kier molecular flexibility index (Phi) is 14.8. The molecule has 160 valence electrons. The summed E-state index contributed by atoms with van der Waals surface area (Å²) in [6.07, 6.45) is 15.3. The summed E-state index contributed by atoms with van der Waals surface area (Å²) in [5.41, 5.74) is 0. The first-order chi connectivity index (χ1) is 13.7. The number of hydrogen-bond donors (Lipinski definition) is 0. The standard InChI is InChI=1S/C20H32S8/c1-5-7-9-11-13-23-17-18(24-14-12-10-8-6-2)28-20(27-17)19-25-15(21-3)16(22-4)26-19/h5-14H2,1-4H3. The lowest BCUT2D eigenvalue weighted by molar-refractivity contribution is 0.707. The smallest absolute Gasteiger partial charge is 0.0717 e. The summed E-state index contributed by atoms with van der Waals surface area (Å²) < 4.78 is 9.15. The molecule has 0 radical (unpaired) electrons. The summed E-state index contributed by atoms with van der Waals surface area (Å²) in [5, 5.41) is 0. The topological polar surface area (TPSA) is 0 Å². The van der Waals surface area contributed by atoms with Crippen molar-refractivity contribution in [3.8, 4) is 0 Å². The van der Waals surface area contributed by atoms with Crippen molar-refractivity contribution in [2.45, 2.75) is 65.2 Å². The Balaban J connectivity index is 1.95. The average Bonchev–Trinajstić information content (AvgIpc) is 3.31. The van der Waals surface area contributed by atoms with E-state index in [4.69, 9.17) is 0 Å². The van der Waals surface area contributed by atoms with Gasteiger partial charge in [-0.05, 0) is 36.9 Å². The minimum atomic E-state index is 1.27. The quantitative estimate of drug-likeness (QED) is 0.201. The molecule has 0 unspecified atom stereocenters. The van der Waals surface area contributed by atoms with Crippen LogP contribution in [0.2, 0.25) is 0 Å². The van der Waals surface area contributed by atoms with Crippen molar-refractivity contribution in [3.05, 3.63) is 25.4 Å². The Labute approximate surface area is 207 Å². The molecular formula is C20H32S8. The van der Waals surface area contributed by atoms with E-state index in [1.807, 2.05) is 47.0 Å². The minimum Gasteiger partial charge on any atom is -0.121 e. The first kappa shape index (κ1) is 26.3. The highest BCUT2D eigenvalue weighted by molar-refractivity contribution is 8.45. The van der Waals surface area contributed by atoms with Crippen LogP contribution in [0.25, 0.3) is 0 Å². The minimum absolute atomic E-state index is 1.27. The van der Waals surface area contributed by atoms with E-state index in [2.05, 4.69) is 73.4 Å². The molecule has 8 heteroatoms. The SMILES string of the molecule is CCCCCCSC1=C(SCCCCCC)SC(=C2SC(SC)=C(SC)S2)S1. The van der Waals surface area contributed by atoms with Gasteiger partial charge in [0.05, 0.1) is 25.4 Å². The highest BCUT2D eigenvalue weighted by Gasteiger charge is 2.29. The van der Waals surface area contributed by atoms with Crippen molar-refractivity contribution in [3.63, 3.8) is 0 Å². The molecule has 28 heavy (non-hydrogen) atoms. The Morgan fingerprint density at radius 1 is 0.536 bits per heavy atom. The number of hydrogen-bond acceptors (Lipinski definition) is 8. The predicted octanol–water partition coefficient (Wildman–Crippen LogP) is 10.7. The highest BCUT2D eigenvalue weighted by Crippen LogP contribution is 2.65. The van der Waals surface area contributed by atoms with Crippen molar-refractivity contribution in [2.75, 3.05) is 24.0 Å². The van der Waals surface area contributed by atoms with Gasteiger partial charge in [0.25, 0.3) is 0 Å². The first-order valence-electron chi connectivity index (χ1n) is 10.0. The van der Waals surface area contributed by atoms with Crippen molar-refractivity contribution in [1.29, 1.82) is 0 Å². The second-order valence-electron chi connectivity index (χ2n) is 6.36. The molecule has 2 rings (SSSR count). The summed E-state index contributed by atoms with van der Waals surface area (Å²) >= 11 is 16.1. The molecule has 0 aromatic carbocycles. The fourth-order valence-corrected chi connectivity index (χ4v) is 13.8. The predicted molar refractivity (Wildman–Crippen MR) is 152 cm³/mol. The third-order valence-corrected chi connectivity index (χ3v) is 15.5. The van der Waals surface area contributed by atoms with E-state index < -0.39 is 0 Å². The summed E-state index contributed by atoms with van der Waals surface area (Å²) in [6.45, 7) is 4.59. The van der Waals surface area contributed by atoms with Crippen LogP contribution in [0.15, 0.2) is 25.4 Å². The molecule has 0 aliphatic carbocycles. The molecule has 0 amide bonds. The highest BCUT2D eigenvalue weighted by atomic mass is 32.3. The molecule has 2 aliphatic rings. The van der Waals surface area contributed by atoms with Crippen LogP contribution in [0.1, 0.15) is 65.2 Å². The van der Waals surface area contributed by atoms with Gasteiger partial charge < -0.3 is 0 Å². The van der Waals surface area contributed by atoms with E-state index in [9.17, 15) is 0 Å². The van der Waals surface area contributed by atoms with Gasteiger partial charge in [0.1, 0.15) is 0 Å². The van der Waals surface area contributed by atoms with Gasteiger partial charge in [-0.3, -0.25) is 0 Å². The fraction of sp³-hybridized carbons (Fsp3) is 0.700. The van der Waals surface area contributed by atoms with Crippen LogP contribution in [-0.2, 0) is 0 Å². The lowest BCUT2D eigenvalue weighted by atomic mass is 10.2. The van der Waals surface area contributed by atoms with Crippen LogP contribution in [-0.4, -0.2) is 24.0 Å². The third kappa shape index (κ3) is 8.87. The Morgan fingerprint density at radius 2 is 0.929 bits per heavy atom. The number of rotatable bonds is 14. The average molecular weight is 529 g/mol. The molecule has 0 saturated heterocycles. The zero-order chi connectivity index (χ0) is 20.2. The number of unbranched alkanes of at least 4 members (excludes halogenated alkanes) is 6. The van der Waals surface area contributed by atoms with Crippen LogP contribution in [0, 0.1) is 0 Å². The van der Waals surface area contributed by atoms with Gasteiger partial charge in [-0.1, -0.05) is 99.4 Å². The summed E-state index contributed by atoms with van der Waals surface area (Å²) in [7, 11) is 0. The summed E-state index contributed by atoms with van der Waals surface area (Å²) in [4.78, 5) is 0.